The molecule has 0 saturated heterocycles. The molecule has 0 atom stereocenters. The molecule has 1 aromatic heterocycles. The number of halogens is 1. The van der Waals surface area contributed by atoms with Gasteiger partial charge < -0.3 is 14.0 Å². The van der Waals surface area contributed by atoms with Crippen molar-refractivity contribution in [1.29, 1.82) is 0 Å². The summed E-state index contributed by atoms with van der Waals surface area (Å²) < 4.78 is 25.2. The van der Waals surface area contributed by atoms with E-state index in [0.29, 0.717) is 0 Å². The molecule has 1 aromatic carbocycles. The fourth-order valence-corrected chi connectivity index (χ4v) is 2.22. The van der Waals surface area contributed by atoms with E-state index in [4.69, 9.17) is 9.47 Å². The minimum atomic E-state index is -0.867. The van der Waals surface area contributed by atoms with Crippen molar-refractivity contribution in [3.63, 3.8) is 0 Å². The van der Waals surface area contributed by atoms with Crippen molar-refractivity contribution in [2.75, 3.05) is 13.7 Å². The van der Waals surface area contributed by atoms with Crippen molar-refractivity contribution < 1.29 is 23.5 Å². The Hall–Kier alpha value is -3.49. The highest BCUT2D eigenvalue weighted by atomic mass is 19.1. The van der Waals surface area contributed by atoms with E-state index >= 15 is 0 Å². The van der Waals surface area contributed by atoms with E-state index < -0.39 is 35.4 Å². The van der Waals surface area contributed by atoms with E-state index in [1.165, 1.54) is 50.2 Å². The normalized spacial score (nSPS) is 10.8. The van der Waals surface area contributed by atoms with E-state index in [1.54, 1.807) is 0 Å². The number of Topliss-reactive ketones (excluding diaryl/α,β-unsaturated/α-hetero) is 1. The van der Waals surface area contributed by atoms with Gasteiger partial charge in [0.15, 0.2) is 24.0 Å². The number of carbonyl (C=O) groups excluding carboxylic acids is 2. The molecule has 0 radical (unpaired) electrons. The van der Waals surface area contributed by atoms with Gasteiger partial charge in [0.2, 0.25) is 0 Å². The highest BCUT2D eigenvalue weighted by Gasteiger charge is 2.12. The predicted octanol–water partition coefficient (Wildman–Crippen LogP) is 0.671. The molecule has 0 saturated carbocycles. The first kappa shape index (κ1) is 19.8. The second kappa shape index (κ2) is 8.26. The molecule has 0 amide bonds. The Morgan fingerprint density at radius 3 is 2.56 bits per heavy atom. The minimum Gasteiger partial charge on any atom is -0.494 e. The van der Waals surface area contributed by atoms with Gasteiger partial charge in [-0.15, -0.1) is 0 Å². The van der Waals surface area contributed by atoms with Crippen LogP contribution in [0, 0.1) is 5.82 Å². The number of hydrogen-bond donors (Lipinski definition) is 0. The van der Waals surface area contributed by atoms with Gasteiger partial charge in [0, 0.05) is 31.9 Å². The Kier molecular flexibility index (Phi) is 6.07. The highest BCUT2D eigenvalue weighted by molar-refractivity contribution is 5.99. The largest absolute Gasteiger partial charge is 0.494 e. The summed E-state index contributed by atoms with van der Waals surface area (Å²) in [5.41, 5.74) is -0.957. The van der Waals surface area contributed by atoms with Crippen LogP contribution in [0.15, 0.2) is 40.1 Å². The lowest BCUT2D eigenvalue weighted by Gasteiger charge is -2.05. The Morgan fingerprint density at radius 1 is 1.22 bits per heavy atom. The smallest absolute Gasteiger partial charge is 0.331 e. The van der Waals surface area contributed by atoms with Gasteiger partial charge in [-0.25, -0.2) is 14.0 Å². The lowest BCUT2D eigenvalue weighted by molar-refractivity contribution is -0.136. The van der Waals surface area contributed by atoms with E-state index in [2.05, 4.69) is 0 Å². The van der Waals surface area contributed by atoms with Crippen LogP contribution in [0.25, 0.3) is 6.08 Å². The number of aromatic nitrogens is 2. The van der Waals surface area contributed by atoms with Crippen LogP contribution in [0.1, 0.15) is 15.9 Å². The third-order valence-electron chi connectivity index (χ3n) is 3.69. The number of aryl methyl sites for hydroxylation is 1. The van der Waals surface area contributed by atoms with Crippen LogP contribution in [-0.4, -0.2) is 34.6 Å². The van der Waals surface area contributed by atoms with E-state index in [1.807, 2.05) is 0 Å². The van der Waals surface area contributed by atoms with Crippen LogP contribution in [0.4, 0.5) is 4.39 Å². The summed E-state index contributed by atoms with van der Waals surface area (Å²) >= 11 is 0. The summed E-state index contributed by atoms with van der Waals surface area (Å²) in [5.74, 6) is -2.19. The zero-order chi connectivity index (χ0) is 20.1. The molecule has 0 bridgehead atoms. The molecule has 0 unspecified atom stereocenters. The number of esters is 1. The first-order chi connectivity index (χ1) is 12.7. The summed E-state index contributed by atoms with van der Waals surface area (Å²) in [6, 6.07) is 3.63. The number of methoxy groups -OCH3 is 1. The van der Waals surface area contributed by atoms with Gasteiger partial charge in [0.1, 0.15) is 0 Å². The number of ketones is 1. The Bertz CT molecular complexity index is 1040. The molecule has 142 valence electrons. The third kappa shape index (κ3) is 4.57. The molecule has 9 heteroatoms. The Morgan fingerprint density at radius 2 is 1.93 bits per heavy atom. The summed E-state index contributed by atoms with van der Waals surface area (Å²) in [6.07, 6.45) is 3.42. The molecular formula is C18H17FN2O6. The molecule has 0 spiro atoms. The predicted molar refractivity (Wildman–Crippen MR) is 94.2 cm³/mol. The van der Waals surface area contributed by atoms with Gasteiger partial charge in [0.05, 0.1) is 12.7 Å². The van der Waals surface area contributed by atoms with Crippen LogP contribution in [0.2, 0.25) is 0 Å². The molecule has 0 aliphatic rings. The molecule has 27 heavy (non-hydrogen) atoms. The molecule has 0 N–H and O–H groups in total. The summed E-state index contributed by atoms with van der Waals surface area (Å²) in [7, 11) is 4.07. The number of nitrogens with zero attached hydrogens (tertiary/aromatic N) is 2. The number of rotatable bonds is 6. The summed E-state index contributed by atoms with van der Waals surface area (Å²) in [4.78, 5) is 47.2. The van der Waals surface area contributed by atoms with Crippen LogP contribution in [0.3, 0.4) is 0 Å². The second-order valence-corrected chi connectivity index (χ2v) is 5.56. The maximum atomic E-state index is 13.6. The molecule has 1 heterocycles. The van der Waals surface area contributed by atoms with Crippen molar-refractivity contribution in [2.24, 2.45) is 14.1 Å². The van der Waals surface area contributed by atoms with Crippen molar-refractivity contribution in [1.82, 2.24) is 9.13 Å². The van der Waals surface area contributed by atoms with Crippen molar-refractivity contribution >= 4 is 17.8 Å². The standard InChI is InChI=1S/C18H17FN2O6/c1-20-9-12(17(24)21(2)18(20)25)5-7-16(23)27-10-14(22)11-4-6-15(26-3)13(19)8-11/h4-9H,10H2,1-3H3/b7-5+. The fourth-order valence-electron chi connectivity index (χ4n) is 2.22. The average Bonchev–Trinajstić information content (AvgIpc) is 2.66. The van der Waals surface area contributed by atoms with Crippen LogP contribution >= 0.6 is 0 Å². The molecule has 0 fully saturated rings. The molecule has 8 nitrogen and oxygen atoms in total. The molecule has 0 aliphatic heterocycles. The zero-order valence-electron chi connectivity index (χ0n) is 14.9. The number of hydrogen-bond acceptors (Lipinski definition) is 6. The lowest BCUT2D eigenvalue weighted by atomic mass is 10.1. The van der Waals surface area contributed by atoms with Gasteiger partial charge in [-0.05, 0) is 24.3 Å². The lowest BCUT2D eigenvalue weighted by Crippen LogP contribution is -2.37. The van der Waals surface area contributed by atoms with Crippen LogP contribution in [-0.2, 0) is 23.6 Å². The fraction of sp³-hybridized carbons (Fsp3) is 0.222. The van der Waals surface area contributed by atoms with Crippen LogP contribution in [0.5, 0.6) is 5.75 Å². The van der Waals surface area contributed by atoms with Gasteiger partial charge in [0.25, 0.3) is 5.56 Å². The number of ether oxygens (including phenoxy) is 2. The van der Waals surface area contributed by atoms with Crippen LogP contribution < -0.4 is 16.0 Å². The topological polar surface area (TPSA) is 96.6 Å². The maximum Gasteiger partial charge on any atom is 0.331 e. The molecule has 2 rings (SSSR count). The molecule has 0 aliphatic carbocycles. The quantitative estimate of drug-likeness (QED) is 0.418. The average molecular weight is 376 g/mol. The van der Waals surface area contributed by atoms with Gasteiger partial charge >= 0.3 is 11.7 Å². The summed E-state index contributed by atoms with van der Waals surface area (Å²) in [6.45, 7) is -0.597. The Balaban J connectivity index is 2.03. The number of benzene rings is 1. The van der Waals surface area contributed by atoms with Gasteiger partial charge in [-0.3, -0.25) is 14.2 Å². The first-order valence-electron chi connectivity index (χ1n) is 7.73. The van der Waals surface area contributed by atoms with E-state index in [0.717, 1.165) is 16.7 Å². The van der Waals surface area contributed by atoms with E-state index in [9.17, 15) is 23.6 Å². The van der Waals surface area contributed by atoms with Gasteiger partial charge in [-0.1, -0.05) is 0 Å². The Labute approximate surface area is 153 Å². The van der Waals surface area contributed by atoms with Gasteiger partial charge in [-0.2, -0.15) is 0 Å². The van der Waals surface area contributed by atoms with Crippen molar-refractivity contribution in [3.05, 3.63) is 68.3 Å². The van der Waals surface area contributed by atoms with E-state index in [-0.39, 0.29) is 16.9 Å². The third-order valence-corrected chi connectivity index (χ3v) is 3.69. The summed E-state index contributed by atoms with van der Waals surface area (Å²) in [5, 5.41) is 0. The second-order valence-electron chi connectivity index (χ2n) is 5.56. The van der Waals surface area contributed by atoms with Crippen molar-refractivity contribution in [2.45, 2.75) is 0 Å². The first-order valence-corrected chi connectivity index (χ1v) is 7.73. The monoisotopic (exact) mass is 376 g/mol. The minimum absolute atomic E-state index is 0.00896. The van der Waals surface area contributed by atoms with Crippen molar-refractivity contribution in [3.8, 4) is 5.75 Å². The SMILES string of the molecule is COc1ccc(C(=O)COC(=O)/C=C/c2cn(C)c(=O)n(C)c2=O)cc1F. The zero-order valence-corrected chi connectivity index (χ0v) is 14.9. The maximum absolute atomic E-state index is 13.6. The highest BCUT2D eigenvalue weighted by Crippen LogP contribution is 2.18. The number of carbonyl (C=O) groups is 2. The molecular weight excluding hydrogens is 359 g/mol. The molecule has 2 aromatic rings.